The van der Waals surface area contributed by atoms with Crippen molar-refractivity contribution in [3.63, 3.8) is 0 Å². The van der Waals surface area contributed by atoms with E-state index in [4.69, 9.17) is 0 Å². The van der Waals surface area contributed by atoms with E-state index in [1.807, 2.05) is 17.0 Å². The van der Waals surface area contributed by atoms with Gasteiger partial charge in [0.15, 0.2) is 0 Å². The van der Waals surface area contributed by atoms with E-state index >= 15 is 0 Å². The van der Waals surface area contributed by atoms with E-state index in [9.17, 15) is 9.59 Å². The summed E-state index contributed by atoms with van der Waals surface area (Å²) in [6.45, 7) is 9.78. The summed E-state index contributed by atoms with van der Waals surface area (Å²) in [5.41, 5.74) is 2.06. The molecule has 2 amide bonds. The Kier molecular flexibility index (Phi) is 6.68. The highest BCUT2D eigenvalue weighted by Crippen LogP contribution is 2.19. The molecule has 0 bridgehead atoms. The monoisotopic (exact) mass is 373 g/mol. The number of anilines is 2. The molecule has 148 valence electrons. The van der Waals surface area contributed by atoms with Crippen molar-refractivity contribution >= 4 is 23.2 Å². The van der Waals surface area contributed by atoms with Gasteiger partial charge < -0.3 is 20.0 Å². The second-order valence-corrected chi connectivity index (χ2v) is 7.48. The molecule has 0 saturated carbocycles. The van der Waals surface area contributed by atoms with Crippen molar-refractivity contribution in [2.75, 3.05) is 76.2 Å². The Labute approximate surface area is 161 Å². The summed E-state index contributed by atoms with van der Waals surface area (Å²) >= 11 is 0. The molecule has 2 heterocycles. The van der Waals surface area contributed by atoms with E-state index in [0.717, 1.165) is 64.6 Å². The van der Waals surface area contributed by atoms with Crippen molar-refractivity contribution < 1.29 is 9.59 Å². The Bertz CT molecular complexity index is 632. The lowest BCUT2D eigenvalue weighted by atomic mass is 10.2. The molecule has 0 unspecified atom stereocenters. The van der Waals surface area contributed by atoms with E-state index in [1.165, 1.54) is 5.69 Å². The van der Waals surface area contributed by atoms with Crippen LogP contribution in [0.25, 0.3) is 0 Å². The molecule has 1 N–H and O–H groups in total. The lowest BCUT2D eigenvalue weighted by molar-refractivity contribution is -0.130. The van der Waals surface area contributed by atoms with Gasteiger partial charge in [-0.2, -0.15) is 0 Å². The number of hydrogen-bond donors (Lipinski definition) is 1. The number of rotatable bonds is 5. The van der Waals surface area contributed by atoms with Crippen LogP contribution in [-0.4, -0.2) is 92.5 Å². The highest BCUT2D eigenvalue weighted by atomic mass is 16.2. The average molecular weight is 374 g/mol. The van der Waals surface area contributed by atoms with Crippen LogP contribution in [0.5, 0.6) is 0 Å². The summed E-state index contributed by atoms with van der Waals surface area (Å²) in [5.74, 6) is 0.170. The summed E-state index contributed by atoms with van der Waals surface area (Å²) in [5, 5.41) is 2.99. The number of piperazine rings is 2. The van der Waals surface area contributed by atoms with Crippen LogP contribution in [0.1, 0.15) is 13.3 Å². The molecule has 0 radical (unpaired) electrons. The van der Waals surface area contributed by atoms with Crippen LogP contribution in [0, 0.1) is 0 Å². The Hall–Kier alpha value is -2.12. The zero-order valence-corrected chi connectivity index (χ0v) is 16.5. The lowest BCUT2D eigenvalue weighted by Crippen LogP contribution is -2.48. The van der Waals surface area contributed by atoms with Gasteiger partial charge in [0.1, 0.15) is 0 Å². The van der Waals surface area contributed by atoms with Crippen LogP contribution in [-0.2, 0) is 9.59 Å². The van der Waals surface area contributed by atoms with Gasteiger partial charge in [0.2, 0.25) is 11.8 Å². The third-order valence-corrected chi connectivity index (χ3v) is 5.49. The first-order chi connectivity index (χ1) is 13.0. The van der Waals surface area contributed by atoms with Crippen molar-refractivity contribution in [3.05, 3.63) is 24.3 Å². The van der Waals surface area contributed by atoms with Crippen LogP contribution in [0.3, 0.4) is 0 Å². The molecule has 27 heavy (non-hydrogen) atoms. The fraction of sp³-hybridized carbons (Fsp3) is 0.600. The Balaban J connectivity index is 1.40. The smallest absolute Gasteiger partial charge is 0.225 e. The predicted molar refractivity (Wildman–Crippen MR) is 108 cm³/mol. The first-order valence-corrected chi connectivity index (χ1v) is 9.82. The minimum atomic E-state index is 0.0383. The first-order valence-electron chi connectivity index (χ1n) is 9.82. The number of amides is 2. The fourth-order valence-electron chi connectivity index (χ4n) is 3.59. The number of carbonyl (C=O) groups excluding carboxylic acids is 2. The molecule has 0 spiro atoms. The van der Waals surface area contributed by atoms with Crippen LogP contribution in [0.4, 0.5) is 11.4 Å². The van der Waals surface area contributed by atoms with Gasteiger partial charge in [-0.25, -0.2) is 0 Å². The second kappa shape index (κ2) is 9.19. The molecule has 3 rings (SSSR count). The molecule has 2 aliphatic rings. The van der Waals surface area contributed by atoms with E-state index in [1.54, 1.807) is 6.92 Å². The molecule has 1 aromatic carbocycles. The van der Waals surface area contributed by atoms with Gasteiger partial charge in [-0.15, -0.1) is 0 Å². The molecule has 7 nitrogen and oxygen atoms in total. The first kappa shape index (κ1) is 19.6. The molecule has 0 atom stereocenters. The van der Waals surface area contributed by atoms with Gasteiger partial charge in [-0.3, -0.25) is 14.5 Å². The van der Waals surface area contributed by atoms with Crippen molar-refractivity contribution in [2.45, 2.75) is 13.3 Å². The minimum Gasteiger partial charge on any atom is -0.369 e. The number of nitrogens with one attached hydrogen (secondary N) is 1. The number of nitrogens with zero attached hydrogens (tertiary/aromatic N) is 4. The molecule has 7 heteroatoms. The Morgan fingerprint density at radius 2 is 1.56 bits per heavy atom. The van der Waals surface area contributed by atoms with Gasteiger partial charge in [-0.05, 0) is 31.3 Å². The average Bonchev–Trinajstić information content (AvgIpc) is 2.68. The van der Waals surface area contributed by atoms with E-state index in [-0.39, 0.29) is 11.8 Å². The molecule has 2 fully saturated rings. The molecule has 0 aromatic heterocycles. The van der Waals surface area contributed by atoms with Crippen molar-refractivity contribution in [2.24, 2.45) is 0 Å². The highest BCUT2D eigenvalue weighted by Gasteiger charge is 2.19. The molecule has 0 aliphatic carbocycles. The number of hydrogen-bond acceptors (Lipinski definition) is 5. The second-order valence-electron chi connectivity index (χ2n) is 7.48. The van der Waals surface area contributed by atoms with Crippen LogP contribution in [0.2, 0.25) is 0 Å². The normalized spacial score (nSPS) is 19.2. The fourth-order valence-corrected chi connectivity index (χ4v) is 3.59. The van der Waals surface area contributed by atoms with E-state index in [0.29, 0.717) is 6.42 Å². The van der Waals surface area contributed by atoms with Crippen molar-refractivity contribution in [3.8, 4) is 0 Å². The number of benzene rings is 1. The van der Waals surface area contributed by atoms with Gasteiger partial charge in [0.05, 0.1) is 0 Å². The lowest BCUT2D eigenvalue weighted by Gasteiger charge is -2.34. The summed E-state index contributed by atoms with van der Waals surface area (Å²) < 4.78 is 0. The van der Waals surface area contributed by atoms with E-state index in [2.05, 4.69) is 39.2 Å². The van der Waals surface area contributed by atoms with Gasteiger partial charge >= 0.3 is 0 Å². The van der Waals surface area contributed by atoms with Gasteiger partial charge in [0, 0.05) is 83.6 Å². The van der Waals surface area contributed by atoms with Crippen molar-refractivity contribution in [1.82, 2.24) is 14.7 Å². The number of likely N-dealkylation sites (N-methyl/N-ethyl adjacent to an activating group) is 1. The molecular formula is C20H31N5O2. The molecule has 1 aromatic rings. The Morgan fingerprint density at radius 3 is 2.15 bits per heavy atom. The molecular weight excluding hydrogens is 342 g/mol. The summed E-state index contributed by atoms with van der Waals surface area (Å²) in [6.07, 6.45) is 0.473. The van der Waals surface area contributed by atoms with Crippen molar-refractivity contribution in [1.29, 1.82) is 0 Å². The van der Waals surface area contributed by atoms with Gasteiger partial charge in [-0.1, -0.05) is 0 Å². The zero-order chi connectivity index (χ0) is 19.2. The topological polar surface area (TPSA) is 59.1 Å². The summed E-state index contributed by atoms with van der Waals surface area (Å²) in [4.78, 5) is 32.4. The molecule has 2 aliphatic heterocycles. The van der Waals surface area contributed by atoms with E-state index < -0.39 is 0 Å². The zero-order valence-electron chi connectivity index (χ0n) is 16.5. The summed E-state index contributed by atoms with van der Waals surface area (Å²) in [7, 11) is 2.15. The standard InChI is InChI=1S/C20H31N5O2/c1-17(26)24-15-11-23(12-16-24)8-7-20(27)21-18-3-5-19(6-4-18)25-13-9-22(2)10-14-25/h3-6H,7-16H2,1-2H3,(H,21,27). The third kappa shape index (κ3) is 5.68. The van der Waals surface area contributed by atoms with Crippen LogP contribution < -0.4 is 10.2 Å². The Morgan fingerprint density at radius 1 is 0.926 bits per heavy atom. The molecule has 2 saturated heterocycles. The predicted octanol–water partition coefficient (Wildman–Crippen LogP) is 0.931. The minimum absolute atomic E-state index is 0.0383. The van der Waals surface area contributed by atoms with Crippen LogP contribution >= 0.6 is 0 Å². The maximum atomic E-state index is 12.2. The number of carbonyl (C=O) groups is 2. The van der Waals surface area contributed by atoms with Gasteiger partial charge in [0.25, 0.3) is 0 Å². The SMILES string of the molecule is CC(=O)N1CCN(CCC(=O)Nc2ccc(N3CCN(C)CC3)cc2)CC1. The quantitative estimate of drug-likeness (QED) is 0.832. The third-order valence-electron chi connectivity index (χ3n) is 5.49. The maximum absolute atomic E-state index is 12.2. The maximum Gasteiger partial charge on any atom is 0.225 e. The highest BCUT2D eigenvalue weighted by molar-refractivity contribution is 5.91. The van der Waals surface area contributed by atoms with Crippen LogP contribution in [0.15, 0.2) is 24.3 Å². The summed E-state index contributed by atoms with van der Waals surface area (Å²) in [6, 6.07) is 8.14. The largest absolute Gasteiger partial charge is 0.369 e.